The third-order valence-corrected chi connectivity index (χ3v) is 18.5. The molecular formula is C87H68ClFN16O4. The molecule has 0 radical (unpaired) electrons. The van der Waals surface area contributed by atoms with Crippen LogP contribution in [0.4, 0.5) is 38.9 Å². The summed E-state index contributed by atoms with van der Waals surface area (Å²) >= 11 is 6.27. The van der Waals surface area contributed by atoms with Crippen LogP contribution in [0.1, 0.15) is 73.5 Å². The summed E-state index contributed by atoms with van der Waals surface area (Å²) in [5.74, 6) is 3.07. The van der Waals surface area contributed by atoms with Crippen LogP contribution in [0.3, 0.4) is 0 Å². The zero-order valence-corrected chi connectivity index (χ0v) is 60.9. The van der Waals surface area contributed by atoms with Crippen LogP contribution in [0.5, 0.6) is 5.88 Å². The summed E-state index contributed by atoms with van der Waals surface area (Å²) in [6, 6.07) is 68.0. The van der Waals surface area contributed by atoms with E-state index in [0.717, 1.165) is 61.2 Å². The fourth-order valence-electron chi connectivity index (χ4n) is 13.1. The van der Waals surface area contributed by atoms with Crippen LogP contribution >= 0.6 is 11.6 Å². The molecule has 3 atom stereocenters. The maximum atomic E-state index is 14.2. The molecule has 0 saturated heterocycles. The summed E-state index contributed by atoms with van der Waals surface area (Å²) in [4.78, 5) is 83.1. The molecule has 22 heteroatoms. The smallest absolute Gasteiger partial charge is 0.263 e. The lowest BCUT2D eigenvalue weighted by molar-refractivity contribution is 0.398. The average molecular weight is 1460 g/mol. The van der Waals surface area contributed by atoms with Crippen LogP contribution in [0.25, 0.3) is 97.3 Å². The maximum Gasteiger partial charge on any atom is 0.263 e. The van der Waals surface area contributed by atoms with Crippen molar-refractivity contribution in [3.8, 4) is 56.3 Å². The molecule has 0 saturated carbocycles. The fourth-order valence-corrected chi connectivity index (χ4v) is 13.3. The molecule has 15 rings (SSSR count). The van der Waals surface area contributed by atoms with E-state index in [1.807, 2.05) is 215 Å². The lowest BCUT2D eigenvalue weighted by atomic mass is 9.97. The number of hydrogen-bond donors (Lipinski definition) is 3. The van der Waals surface area contributed by atoms with Crippen molar-refractivity contribution in [2.45, 2.75) is 59.7 Å². The summed E-state index contributed by atoms with van der Waals surface area (Å²) in [5, 5.41) is 14.6. The third-order valence-electron chi connectivity index (χ3n) is 18.2. The molecule has 0 fully saturated rings. The second-order valence-corrected chi connectivity index (χ2v) is 25.9. The molecule has 0 spiro atoms. The van der Waals surface area contributed by atoms with Gasteiger partial charge in [0.2, 0.25) is 22.9 Å². The molecule has 534 valence electrons. The quantitative estimate of drug-likeness (QED) is 0.0768. The molecule has 0 bridgehead atoms. The zero-order chi connectivity index (χ0) is 76.4. The van der Waals surface area contributed by atoms with E-state index in [1.54, 1.807) is 66.0 Å². The molecule has 7 aromatic heterocycles. The van der Waals surface area contributed by atoms with Gasteiger partial charge in [-0.1, -0.05) is 145 Å². The van der Waals surface area contributed by atoms with Crippen molar-refractivity contribution in [3.05, 3.63) is 360 Å². The number of para-hydroxylation sites is 3. The van der Waals surface area contributed by atoms with Gasteiger partial charge in [-0.3, -0.25) is 43.0 Å². The second kappa shape index (κ2) is 32.4. The summed E-state index contributed by atoms with van der Waals surface area (Å²) in [5.41, 5.74) is 9.41. The summed E-state index contributed by atoms with van der Waals surface area (Å²) in [6.45, 7) is 33.6. The first-order valence-electron chi connectivity index (χ1n) is 34.6. The van der Waals surface area contributed by atoms with Crippen LogP contribution < -0.4 is 37.4 Å². The minimum Gasteiger partial charge on any atom is -0.481 e. The lowest BCUT2D eigenvalue weighted by Gasteiger charge is -2.22. The lowest BCUT2D eigenvalue weighted by Crippen LogP contribution is -2.26. The Morgan fingerprint density at radius 3 is 1.08 bits per heavy atom. The first-order valence-corrected chi connectivity index (χ1v) is 35.0. The number of hydrogen-bond acceptors (Lipinski definition) is 14. The molecular weight excluding hydrogens is 1390 g/mol. The van der Waals surface area contributed by atoms with Gasteiger partial charge in [0.15, 0.2) is 0 Å². The van der Waals surface area contributed by atoms with Gasteiger partial charge >= 0.3 is 0 Å². The normalized spacial score (nSPS) is 11.7. The molecule has 0 aliphatic carbocycles. The topological polar surface area (TPSA) is 215 Å². The third kappa shape index (κ3) is 15.6. The number of aryl methyl sites for hydroxylation is 3. The van der Waals surface area contributed by atoms with Crippen molar-refractivity contribution in [2.75, 3.05) is 23.1 Å². The molecule has 3 N–H and O–H groups in total. The number of halogens is 2. The van der Waals surface area contributed by atoms with E-state index in [0.29, 0.717) is 102 Å². The van der Waals surface area contributed by atoms with Gasteiger partial charge in [0.1, 0.15) is 40.7 Å². The zero-order valence-electron chi connectivity index (χ0n) is 60.1. The Morgan fingerprint density at radius 2 is 0.752 bits per heavy atom. The van der Waals surface area contributed by atoms with Gasteiger partial charge in [0.05, 0.1) is 61.1 Å². The van der Waals surface area contributed by atoms with E-state index in [1.165, 1.54) is 30.7 Å². The van der Waals surface area contributed by atoms with Crippen molar-refractivity contribution in [1.82, 2.24) is 48.6 Å². The molecule has 8 aromatic carbocycles. The van der Waals surface area contributed by atoms with Crippen LogP contribution in [0.2, 0.25) is 5.02 Å². The fraction of sp³-hybridized carbons (Fsp3) is 0.115. The maximum absolute atomic E-state index is 14.2. The first kappa shape index (κ1) is 73.0. The number of methoxy groups -OCH3 is 1. The number of nitrogens with one attached hydrogen (secondary N) is 3. The number of anilines is 3. The number of benzene rings is 8. The molecule has 7 heterocycles. The Balaban J connectivity index is 0.000000144. The molecule has 15 aromatic rings. The standard InChI is InChI=1S/C29H22ClN5O.C29H22FN5O.C29H24N6O2/c2*1-18(33-28-25(31-3)17-32-19(2)34-28)26-16-21-10-8-14-24(20-9-7-11-22(30)15-20)27(21)29(36)35(26)23-12-5-4-6-13-23;1-18(33-28-24(30-3)17-31-19(2)34-28)25-15-20-9-8-12-23(21-13-14-26(37-4)32-16-21)27(20)29(36)35(25)22-10-6-5-7-11-22/h2*4-18H,1-2H3,(H,32,33,34);5-18H,1-2,4H3,(H,31,33,34)/t3*18-/m000/s1. The second-order valence-electron chi connectivity index (χ2n) is 25.4. The summed E-state index contributed by atoms with van der Waals surface area (Å²) < 4.78 is 24.3. The monoisotopic (exact) mass is 1450 g/mol. The Kier molecular flexibility index (Phi) is 21.7. The molecule has 0 unspecified atom stereocenters. The van der Waals surface area contributed by atoms with Gasteiger partial charge in [0, 0.05) is 75.6 Å². The molecule has 0 amide bonds. The van der Waals surface area contributed by atoms with Gasteiger partial charge in [-0.2, -0.15) is 0 Å². The highest BCUT2D eigenvalue weighted by atomic mass is 35.5. The Hall–Kier alpha value is -14.3. The SMILES string of the molecule is [C-]#[N+]c1cnc(C)nc1N[C@@H](C)c1cc2cccc(-c3ccc(OC)nc3)c2c(=O)n1-c1ccccc1.[C-]#[N+]c1cnc(C)nc1N[C@@H](C)c1cc2cccc(-c3cccc(Cl)c3)c2c(=O)n1-c1ccccc1.[C-]#[N+]c1cnc(C)nc1N[C@@H](C)c1cc2cccc(-c3cccc(F)c3)c2c(=O)n1-c1ccccc1. The minimum atomic E-state index is -0.380. The molecule has 109 heavy (non-hydrogen) atoms. The number of fused-ring (bicyclic) bond motifs is 3. The van der Waals surface area contributed by atoms with E-state index in [-0.39, 0.29) is 40.6 Å². The van der Waals surface area contributed by atoms with E-state index in [2.05, 4.69) is 65.4 Å². The minimum absolute atomic E-state index is 0.137. The number of rotatable bonds is 16. The number of ether oxygens (including phenoxy) is 1. The van der Waals surface area contributed by atoms with Crippen LogP contribution in [0, 0.1) is 46.3 Å². The number of pyridine rings is 4. The van der Waals surface area contributed by atoms with Gasteiger partial charge in [-0.25, -0.2) is 38.9 Å². The molecule has 0 aliphatic heterocycles. The van der Waals surface area contributed by atoms with Crippen LogP contribution in [-0.4, -0.2) is 55.7 Å². The van der Waals surface area contributed by atoms with E-state index in [9.17, 15) is 18.8 Å². The highest BCUT2D eigenvalue weighted by molar-refractivity contribution is 6.31. The number of aromatic nitrogens is 10. The number of nitrogens with zero attached hydrogens (tertiary/aromatic N) is 13. The van der Waals surface area contributed by atoms with E-state index < -0.39 is 0 Å². The highest BCUT2D eigenvalue weighted by Gasteiger charge is 2.25. The van der Waals surface area contributed by atoms with Gasteiger partial charge in [-0.05, 0) is 170 Å². The van der Waals surface area contributed by atoms with Gasteiger partial charge < -0.3 is 20.7 Å². The Labute approximate surface area is 631 Å². The largest absolute Gasteiger partial charge is 0.481 e. The first-order chi connectivity index (χ1) is 52.9. The Morgan fingerprint density at radius 1 is 0.404 bits per heavy atom. The van der Waals surface area contributed by atoms with Crippen LogP contribution in [0.15, 0.2) is 264 Å². The predicted octanol–water partition coefficient (Wildman–Crippen LogP) is 19.6. The average Bonchev–Trinajstić information content (AvgIpc) is 0.761. The molecule has 0 aliphatic rings. The van der Waals surface area contributed by atoms with E-state index >= 15 is 0 Å². The van der Waals surface area contributed by atoms with Crippen molar-refractivity contribution in [1.29, 1.82) is 0 Å². The summed E-state index contributed by atoms with van der Waals surface area (Å²) in [6.07, 6.45) is 6.21. The van der Waals surface area contributed by atoms with E-state index in [4.69, 9.17) is 36.1 Å². The molecule has 20 nitrogen and oxygen atoms in total. The van der Waals surface area contributed by atoms with Crippen molar-refractivity contribution >= 4 is 78.4 Å². The highest BCUT2D eigenvalue weighted by Crippen LogP contribution is 2.37. The van der Waals surface area contributed by atoms with Crippen molar-refractivity contribution in [3.63, 3.8) is 0 Å². The van der Waals surface area contributed by atoms with Gasteiger partial charge in [-0.15, -0.1) is 0 Å². The summed E-state index contributed by atoms with van der Waals surface area (Å²) in [7, 11) is 1.57. The Bertz CT molecular complexity index is 6030. The predicted molar refractivity (Wildman–Crippen MR) is 429 cm³/mol. The van der Waals surface area contributed by atoms with Crippen LogP contribution in [-0.2, 0) is 0 Å². The van der Waals surface area contributed by atoms with Crippen molar-refractivity contribution < 1.29 is 9.13 Å². The van der Waals surface area contributed by atoms with Gasteiger partial charge in [0.25, 0.3) is 16.7 Å². The van der Waals surface area contributed by atoms with Crippen molar-refractivity contribution in [2.24, 2.45) is 0 Å².